The van der Waals surface area contributed by atoms with E-state index in [0.717, 1.165) is 12.8 Å². The molecule has 0 unspecified atom stereocenters. The van der Waals surface area contributed by atoms with Crippen molar-refractivity contribution in [1.29, 1.82) is 0 Å². The van der Waals surface area contributed by atoms with Crippen LogP contribution in [0.1, 0.15) is 19.8 Å². The van der Waals surface area contributed by atoms with Gasteiger partial charge in [-0.25, -0.2) is 4.79 Å². The van der Waals surface area contributed by atoms with Crippen LogP contribution in [0, 0.1) is 0 Å². The van der Waals surface area contributed by atoms with E-state index in [1.807, 2.05) is 0 Å². The van der Waals surface area contributed by atoms with Gasteiger partial charge in [0.15, 0.2) is 0 Å². The molecule has 1 saturated carbocycles. The Morgan fingerprint density at radius 1 is 1.50 bits per heavy atom. The van der Waals surface area contributed by atoms with Crippen molar-refractivity contribution in [2.45, 2.75) is 31.8 Å². The molecule has 0 radical (unpaired) electrons. The summed E-state index contributed by atoms with van der Waals surface area (Å²) in [5, 5.41) is 13.4. The normalized spacial score (nSPS) is 18.1. The summed E-state index contributed by atoms with van der Waals surface area (Å²) < 4.78 is 0. The SMILES string of the molecule is C[C@@H](NC(=O)NC1CC1)C(=O)O. The number of hydrogen-bond acceptors (Lipinski definition) is 2. The van der Waals surface area contributed by atoms with E-state index in [4.69, 9.17) is 5.11 Å². The van der Waals surface area contributed by atoms with E-state index >= 15 is 0 Å². The van der Waals surface area contributed by atoms with Crippen LogP contribution in [0.4, 0.5) is 4.79 Å². The van der Waals surface area contributed by atoms with E-state index in [1.54, 1.807) is 0 Å². The van der Waals surface area contributed by atoms with E-state index in [2.05, 4.69) is 10.6 Å². The average Bonchev–Trinajstić information content (AvgIpc) is 2.71. The van der Waals surface area contributed by atoms with Crippen LogP contribution in [-0.4, -0.2) is 29.2 Å². The second-order valence-electron chi connectivity index (χ2n) is 2.95. The molecule has 0 aromatic rings. The maximum atomic E-state index is 10.9. The Morgan fingerprint density at radius 2 is 2.08 bits per heavy atom. The summed E-state index contributed by atoms with van der Waals surface area (Å²) in [6.07, 6.45) is 1.99. The summed E-state index contributed by atoms with van der Waals surface area (Å²) in [5.74, 6) is -1.03. The Balaban J connectivity index is 2.19. The molecule has 0 aromatic heterocycles. The van der Waals surface area contributed by atoms with Crippen LogP contribution in [0.5, 0.6) is 0 Å². The maximum Gasteiger partial charge on any atom is 0.325 e. The fourth-order valence-electron chi connectivity index (χ4n) is 0.713. The monoisotopic (exact) mass is 172 g/mol. The topological polar surface area (TPSA) is 78.4 Å². The number of amides is 2. The third-order valence-corrected chi connectivity index (χ3v) is 1.63. The van der Waals surface area contributed by atoms with Crippen LogP contribution in [0.15, 0.2) is 0 Å². The van der Waals surface area contributed by atoms with Crippen molar-refractivity contribution in [3.05, 3.63) is 0 Å². The molecule has 0 aliphatic heterocycles. The van der Waals surface area contributed by atoms with Crippen molar-refractivity contribution in [2.75, 3.05) is 0 Å². The number of nitrogens with one attached hydrogen (secondary N) is 2. The molecule has 12 heavy (non-hydrogen) atoms. The van der Waals surface area contributed by atoms with Crippen molar-refractivity contribution in [2.24, 2.45) is 0 Å². The molecule has 0 saturated heterocycles. The summed E-state index contributed by atoms with van der Waals surface area (Å²) >= 11 is 0. The number of urea groups is 1. The zero-order valence-corrected chi connectivity index (χ0v) is 6.83. The van der Waals surface area contributed by atoms with Crippen LogP contribution in [0.3, 0.4) is 0 Å². The van der Waals surface area contributed by atoms with Gasteiger partial charge in [-0.15, -0.1) is 0 Å². The molecule has 3 N–H and O–H groups in total. The number of carboxylic acids is 1. The first-order valence-corrected chi connectivity index (χ1v) is 3.89. The molecule has 0 aromatic carbocycles. The van der Waals surface area contributed by atoms with Gasteiger partial charge in [0.05, 0.1) is 0 Å². The number of carbonyl (C=O) groups excluding carboxylic acids is 1. The standard InChI is InChI=1S/C7H12N2O3/c1-4(6(10)11)8-7(12)9-5-2-3-5/h4-5H,2-3H2,1H3,(H,10,11)(H2,8,9,12)/t4-/m1/s1. The summed E-state index contributed by atoms with van der Waals surface area (Å²) in [6.45, 7) is 1.43. The van der Waals surface area contributed by atoms with Gasteiger partial charge in [-0.05, 0) is 19.8 Å². The van der Waals surface area contributed by atoms with Crippen LogP contribution >= 0.6 is 0 Å². The first kappa shape index (κ1) is 8.83. The summed E-state index contributed by atoms with van der Waals surface area (Å²) in [4.78, 5) is 21.2. The van der Waals surface area contributed by atoms with Gasteiger partial charge in [-0.1, -0.05) is 0 Å². The number of carbonyl (C=O) groups is 2. The van der Waals surface area contributed by atoms with Gasteiger partial charge < -0.3 is 15.7 Å². The molecule has 5 heteroatoms. The summed E-state index contributed by atoms with van der Waals surface area (Å²) in [5.41, 5.74) is 0. The molecule has 0 spiro atoms. The molecule has 1 rings (SSSR count). The largest absolute Gasteiger partial charge is 0.480 e. The average molecular weight is 172 g/mol. The lowest BCUT2D eigenvalue weighted by molar-refractivity contribution is -0.138. The van der Waals surface area contributed by atoms with Gasteiger partial charge in [-0.3, -0.25) is 4.79 Å². The lowest BCUT2D eigenvalue weighted by atomic mass is 10.3. The highest BCUT2D eigenvalue weighted by Gasteiger charge is 2.24. The minimum absolute atomic E-state index is 0.256. The predicted molar refractivity (Wildman–Crippen MR) is 41.8 cm³/mol. The highest BCUT2D eigenvalue weighted by molar-refractivity contribution is 5.82. The maximum absolute atomic E-state index is 10.9. The molecule has 0 bridgehead atoms. The van der Waals surface area contributed by atoms with Crippen LogP contribution in [0.25, 0.3) is 0 Å². The molecule has 5 nitrogen and oxygen atoms in total. The zero-order valence-electron chi connectivity index (χ0n) is 6.83. The summed E-state index contributed by atoms with van der Waals surface area (Å²) in [6, 6.07) is -0.970. The molecule has 1 atom stereocenters. The zero-order chi connectivity index (χ0) is 9.14. The summed E-state index contributed by atoms with van der Waals surface area (Å²) in [7, 11) is 0. The molecule has 2 amide bonds. The second-order valence-corrected chi connectivity index (χ2v) is 2.95. The molecule has 68 valence electrons. The van der Waals surface area contributed by atoms with Crippen LogP contribution < -0.4 is 10.6 Å². The lowest BCUT2D eigenvalue weighted by Gasteiger charge is -2.09. The van der Waals surface area contributed by atoms with E-state index in [0.29, 0.717) is 0 Å². The van der Waals surface area contributed by atoms with E-state index < -0.39 is 18.0 Å². The van der Waals surface area contributed by atoms with Gasteiger partial charge in [0.25, 0.3) is 0 Å². The molecule has 1 aliphatic carbocycles. The van der Waals surface area contributed by atoms with Crippen molar-refractivity contribution < 1.29 is 14.7 Å². The van der Waals surface area contributed by atoms with Gasteiger partial charge >= 0.3 is 12.0 Å². The first-order chi connectivity index (χ1) is 5.59. The molecule has 0 heterocycles. The minimum atomic E-state index is -1.03. The third-order valence-electron chi connectivity index (χ3n) is 1.63. The fraction of sp³-hybridized carbons (Fsp3) is 0.714. The van der Waals surface area contributed by atoms with Gasteiger partial charge in [0.1, 0.15) is 6.04 Å². The van der Waals surface area contributed by atoms with Gasteiger partial charge in [0.2, 0.25) is 0 Å². The van der Waals surface area contributed by atoms with Gasteiger partial charge in [-0.2, -0.15) is 0 Å². The minimum Gasteiger partial charge on any atom is -0.480 e. The smallest absolute Gasteiger partial charge is 0.325 e. The van der Waals surface area contributed by atoms with Crippen molar-refractivity contribution in [1.82, 2.24) is 10.6 Å². The Morgan fingerprint density at radius 3 is 2.50 bits per heavy atom. The predicted octanol–water partition coefficient (Wildman–Crippen LogP) is -0.0789. The molecular weight excluding hydrogens is 160 g/mol. The second kappa shape index (κ2) is 3.42. The van der Waals surface area contributed by atoms with Crippen molar-refractivity contribution >= 4 is 12.0 Å². The van der Waals surface area contributed by atoms with Gasteiger partial charge in [0, 0.05) is 6.04 Å². The number of aliphatic carboxylic acids is 1. The van der Waals surface area contributed by atoms with Crippen molar-refractivity contribution in [3.63, 3.8) is 0 Å². The Bertz CT molecular complexity index is 201. The molecular formula is C7H12N2O3. The first-order valence-electron chi connectivity index (χ1n) is 3.89. The van der Waals surface area contributed by atoms with E-state index in [9.17, 15) is 9.59 Å². The number of carboxylic acid groups (broad SMARTS) is 1. The highest BCUT2D eigenvalue weighted by atomic mass is 16.4. The Kier molecular flexibility index (Phi) is 2.52. The molecule has 1 aliphatic rings. The quantitative estimate of drug-likeness (QED) is 0.557. The molecule has 1 fully saturated rings. The van der Waals surface area contributed by atoms with Crippen LogP contribution in [-0.2, 0) is 4.79 Å². The Labute approximate surface area is 70.1 Å². The Hall–Kier alpha value is -1.26. The third kappa shape index (κ3) is 2.77. The van der Waals surface area contributed by atoms with Crippen molar-refractivity contribution in [3.8, 4) is 0 Å². The van der Waals surface area contributed by atoms with Crippen LogP contribution in [0.2, 0.25) is 0 Å². The van der Waals surface area contributed by atoms with E-state index in [-0.39, 0.29) is 6.04 Å². The number of hydrogen-bond donors (Lipinski definition) is 3. The lowest BCUT2D eigenvalue weighted by Crippen LogP contribution is -2.45. The highest BCUT2D eigenvalue weighted by Crippen LogP contribution is 2.18. The number of rotatable bonds is 3. The van der Waals surface area contributed by atoms with E-state index in [1.165, 1.54) is 6.92 Å². The fourth-order valence-corrected chi connectivity index (χ4v) is 0.713.